The molecule has 2 atom stereocenters. The number of piperidine rings is 1. The number of fused-ring (bicyclic) bond motifs is 2. The van der Waals surface area contributed by atoms with E-state index in [9.17, 15) is 18.0 Å². The van der Waals surface area contributed by atoms with Gasteiger partial charge < -0.3 is 15.0 Å². The number of alkyl halides is 2. The Hall–Kier alpha value is -1.92. The van der Waals surface area contributed by atoms with E-state index in [1.165, 1.54) is 19.2 Å². The van der Waals surface area contributed by atoms with Crippen LogP contribution in [-0.4, -0.2) is 36.0 Å². The van der Waals surface area contributed by atoms with Crippen molar-refractivity contribution in [2.45, 2.75) is 50.1 Å². The number of hydrogen-bond donors (Lipinski definition) is 1. The van der Waals surface area contributed by atoms with E-state index in [1.54, 1.807) is 11.0 Å². The molecule has 1 aliphatic carbocycles. The molecule has 1 N–H and O–H groups in total. The Morgan fingerprint density at radius 3 is 2.46 bits per heavy atom. The highest BCUT2D eigenvalue weighted by Gasteiger charge is 2.74. The fourth-order valence-electron chi connectivity index (χ4n) is 4.47. The van der Waals surface area contributed by atoms with E-state index in [2.05, 4.69) is 5.32 Å². The molecular formula is C17H19F3N2O2. The lowest BCUT2D eigenvalue weighted by molar-refractivity contribution is 0.0186. The predicted molar refractivity (Wildman–Crippen MR) is 81.9 cm³/mol. The van der Waals surface area contributed by atoms with Crippen LogP contribution in [0.3, 0.4) is 0 Å². The molecular weight excluding hydrogens is 321 g/mol. The van der Waals surface area contributed by atoms with Gasteiger partial charge in [0.15, 0.2) is 5.82 Å². The fourth-order valence-corrected chi connectivity index (χ4v) is 4.47. The third kappa shape index (κ3) is 2.17. The summed E-state index contributed by atoms with van der Waals surface area (Å²) in [5.74, 6) is -2.94. The summed E-state index contributed by atoms with van der Waals surface area (Å²) in [6, 6.07) is 3.45. The van der Waals surface area contributed by atoms with Crippen molar-refractivity contribution in [1.82, 2.24) is 4.90 Å². The molecule has 130 valence electrons. The van der Waals surface area contributed by atoms with Crippen LogP contribution in [0.15, 0.2) is 18.2 Å². The van der Waals surface area contributed by atoms with Gasteiger partial charge in [0.05, 0.1) is 7.11 Å². The zero-order valence-corrected chi connectivity index (χ0v) is 13.3. The Balaban J connectivity index is 1.53. The summed E-state index contributed by atoms with van der Waals surface area (Å²) < 4.78 is 46.5. The van der Waals surface area contributed by atoms with E-state index < -0.39 is 23.2 Å². The van der Waals surface area contributed by atoms with Gasteiger partial charge in [0.1, 0.15) is 11.4 Å². The highest BCUT2D eigenvalue weighted by molar-refractivity contribution is 5.92. The fraction of sp³-hybridized carbons (Fsp3) is 0.588. The number of benzene rings is 1. The second-order valence-electron chi connectivity index (χ2n) is 7.11. The minimum absolute atomic E-state index is 0.0126. The summed E-state index contributed by atoms with van der Waals surface area (Å²) in [4.78, 5) is 14.3. The van der Waals surface area contributed by atoms with Crippen molar-refractivity contribution in [3.63, 3.8) is 0 Å². The van der Waals surface area contributed by atoms with E-state index in [1.807, 2.05) is 0 Å². The lowest BCUT2D eigenvalue weighted by atomic mass is 9.87. The van der Waals surface area contributed by atoms with Crippen molar-refractivity contribution in [2.24, 2.45) is 5.41 Å². The number of carbonyl (C=O) groups excluding carboxylic acids is 1. The van der Waals surface area contributed by atoms with Gasteiger partial charge in [0.25, 0.3) is 5.92 Å². The highest BCUT2D eigenvalue weighted by atomic mass is 19.3. The second-order valence-corrected chi connectivity index (χ2v) is 7.11. The Morgan fingerprint density at radius 2 is 1.92 bits per heavy atom. The van der Waals surface area contributed by atoms with Crippen LogP contribution in [0, 0.1) is 11.2 Å². The molecule has 2 heterocycles. The van der Waals surface area contributed by atoms with E-state index in [0.29, 0.717) is 12.8 Å². The van der Waals surface area contributed by atoms with Gasteiger partial charge >= 0.3 is 6.03 Å². The molecule has 3 fully saturated rings. The monoisotopic (exact) mass is 340 g/mol. The van der Waals surface area contributed by atoms with Crippen LogP contribution >= 0.6 is 0 Å². The molecule has 1 aromatic carbocycles. The lowest BCUT2D eigenvalue weighted by Gasteiger charge is -2.39. The zero-order chi connectivity index (χ0) is 17.1. The molecule has 2 bridgehead atoms. The molecule has 24 heavy (non-hydrogen) atoms. The van der Waals surface area contributed by atoms with Gasteiger partial charge in [-0.25, -0.2) is 18.0 Å². The number of nitrogens with zero attached hydrogens (tertiary/aromatic N) is 1. The maximum atomic E-state index is 14.0. The van der Waals surface area contributed by atoms with Crippen molar-refractivity contribution >= 4 is 11.7 Å². The zero-order valence-electron chi connectivity index (χ0n) is 13.3. The van der Waals surface area contributed by atoms with Crippen LogP contribution in [0.2, 0.25) is 0 Å². The quantitative estimate of drug-likeness (QED) is 0.883. The molecule has 3 aliphatic rings. The molecule has 1 aromatic rings. The van der Waals surface area contributed by atoms with Crippen molar-refractivity contribution in [1.29, 1.82) is 0 Å². The van der Waals surface area contributed by atoms with Crippen molar-refractivity contribution in [3.05, 3.63) is 24.0 Å². The van der Waals surface area contributed by atoms with Crippen LogP contribution in [0.25, 0.3) is 0 Å². The Kier molecular flexibility index (Phi) is 3.27. The maximum Gasteiger partial charge on any atom is 0.322 e. The molecule has 0 radical (unpaired) electrons. The Labute approximate surface area is 138 Å². The van der Waals surface area contributed by atoms with Crippen molar-refractivity contribution in [2.75, 3.05) is 12.4 Å². The molecule has 1 spiro atoms. The van der Waals surface area contributed by atoms with Gasteiger partial charge in [-0.05, 0) is 37.8 Å². The molecule has 7 heteroatoms. The number of amides is 2. The molecule has 2 amide bonds. The molecule has 2 aliphatic heterocycles. The largest absolute Gasteiger partial charge is 0.494 e. The highest BCUT2D eigenvalue weighted by Crippen LogP contribution is 2.69. The predicted octanol–water partition coefficient (Wildman–Crippen LogP) is 4.02. The van der Waals surface area contributed by atoms with E-state index in [4.69, 9.17) is 4.74 Å². The molecule has 2 saturated heterocycles. The van der Waals surface area contributed by atoms with Gasteiger partial charge in [0, 0.05) is 23.9 Å². The number of rotatable bonds is 2. The average molecular weight is 340 g/mol. The number of nitrogens with one attached hydrogen (secondary N) is 1. The summed E-state index contributed by atoms with van der Waals surface area (Å²) in [6.07, 6.45) is 2.05. The average Bonchev–Trinajstić information content (AvgIpc) is 2.91. The minimum atomic E-state index is -2.59. The van der Waals surface area contributed by atoms with E-state index in [-0.39, 0.29) is 29.9 Å². The van der Waals surface area contributed by atoms with Gasteiger partial charge in [-0.3, -0.25) is 0 Å². The van der Waals surface area contributed by atoms with Gasteiger partial charge in [-0.2, -0.15) is 0 Å². The van der Waals surface area contributed by atoms with Gasteiger partial charge in [-0.1, -0.05) is 6.07 Å². The molecule has 4 nitrogen and oxygen atoms in total. The summed E-state index contributed by atoms with van der Waals surface area (Å²) in [5.41, 5.74) is -0.924. The van der Waals surface area contributed by atoms with Gasteiger partial charge in [0.2, 0.25) is 0 Å². The number of para-hydroxylation sites is 1. The number of hydrogen-bond acceptors (Lipinski definition) is 2. The first-order valence-corrected chi connectivity index (χ1v) is 8.16. The van der Waals surface area contributed by atoms with E-state index in [0.717, 1.165) is 12.8 Å². The first-order valence-electron chi connectivity index (χ1n) is 8.16. The smallest absolute Gasteiger partial charge is 0.322 e. The first-order chi connectivity index (χ1) is 11.4. The summed E-state index contributed by atoms with van der Waals surface area (Å²) >= 11 is 0. The number of anilines is 1. The third-order valence-corrected chi connectivity index (χ3v) is 5.75. The number of methoxy groups -OCH3 is 1. The van der Waals surface area contributed by atoms with Crippen LogP contribution in [-0.2, 0) is 0 Å². The maximum absolute atomic E-state index is 14.0. The molecule has 2 unspecified atom stereocenters. The molecule has 4 rings (SSSR count). The van der Waals surface area contributed by atoms with Crippen molar-refractivity contribution < 1.29 is 22.7 Å². The van der Waals surface area contributed by atoms with Crippen LogP contribution in [0.5, 0.6) is 5.75 Å². The Morgan fingerprint density at radius 1 is 1.29 bits per heavy atom. The molecule has 0 aromatic heterocycles. The number of halogens is 3. The number of urea groups is 1. The Bertz CT molecular complexity index is 680. The van der Waals surface area contributed by atoms with Gasteiger partial charge in [-0.15, -0.1) is 0 Å². The standard InChI is InChI=1S/C17H19F3N2O2/c1-24-13-4-2-3-12(18)14(13)21-15(23)22-10-5-6-11(22)8-16(7-10)9-17(16,19)20/h2-4,10-11H,5-9H2,1H3,(H,21,23). The summed E-state index contributed by atoms with van der Waals surface area (Å²) in [7, 11) is 1.40. The van der Waals surface area contributed by atoms with Crippen LogP contribution in [0.4, 0.5) is 23.7 Å². The SMILES string of the molecule is COc1cccc(F)c1NC(=O)N1C2CCC1CC1(C2)CC1(F)F. The number of carbonyl (C=O) groups is 1. The molecule has 1 saturated carbocycles. The minimum Gasteiger partial charge on any atom is -0.494 e. The number of ether oxygens (including phenoxy) is 1. The summed E-state index contributed by atoms with van der Waals surface area (Å²) in [6.45, 7) is 0. The van der Waals surface area contributed by atoms with Crippen LogP contribution in [0.1, 0.15) is 32.1 Å². The van der Waals surface area contributed by atoms with Crippen molar-refractivity contribution in [3.8, 4) is 5.75 Å². The topological polar surface area (TPSA) is 41.6 Å². The van der Waals surface area contributed by atoms with Crippen LogP contribution < -0.4 is 10.1 Å². The normalized spacial score (nSPS) is 32.8. The van der Waals surface area contributed by atoms with E-state index >= 15 is 0 Å². The second kappa shape index (κ2) is 5.04. The first kappa shape index (κ1) is 15.6. The summed E-state index contributed by atoms with van der Waals surface area (Å²) in [5, 5.41) is 2.57. The lowest BCUT2D eigenvalue weighted by Crippen LogP contribution is -2.50. The third-order valence-electron chi connectivity index (χ3n) is 5.75.